The molecule has 100 valence electrons. The highest BCUT2D eigenvalue weighted by atomic mass is 15.5. The van der Waals surface area contributed by atoms with Crippen LogP contribution in [0.25, 0.3) is 10.8 Å². The molecule has 0 unspecified atom stereocenters. The highest BCUT2D eigenvalue weighted by molar-refractivity contribution is 5.84. The molecule has 0 spiro atoms. The molecule has 3 rings (SSSR count). The topological polar surface area (TPSA) is 31.4 Å². The minimum Gasteiger partial charge on any atom is -0.304 e. The van der Waals surface area contributed by atoms with Crippen molar-refractivity contribution in [2.24, 2.45) is 0 Å². The third-order valence-corrected chi connectivity index (χ3v) is 3.75. The summed E-state index contributed by atoms with van der Waals surface area (Å²) in [6.45, 7) is 5.25. The molecule has 1 aromatic carbocycles. The summed E-state index contributed by atoms with van der Waals surface area (Å²) in [7, 11) is 2.17. The van der Waals surface area contributed by atoms with Gasteiger partial charge in [0.05, 0.1) is 0 Å². The Morgan fingerprint density at radius 3 is 2.74 bits per heavy atom. The maximum absolute atomic E-state index is 4.32. The lowest BCUT2D eigenvalue weighted by molar-refractivity contribution is 0.102. The van der Waals surface area contributed by atoms with Crippen LogP contribution in [0.15, 0.2) is 36.7 Å². The number of likely N-dealkylation sites (N-methyl/N-ethyl adjacent to an activating group) is 1. The summed E-state index contributed by atoms with van der Waals surface area (Å²) in [6.07, 6.45) is 3.89. The van der Waals surface area contributed by atoms with Crippen molar-refractivity contribution in [3.8, 4) is 0 Å². The third-order valence-electron chi connectivity index (χ3n) is 3.75. The molecule has 19 heavy (non-hydrogen) atoms. The molecule has 4 nitrogen and oxygen atoms in total. The second-order valence-electron chi connectivity index (χ2n) is 5.14. The van der Waals surface area contributed by atoms with Crippen molar-refractivity contribution in [3.63, 3.8) is 0 Å². The quantitative estimate of drug-likeness (QED) is 0.901. The predicted molar refractivity (Wildman–Crippen MR) is 77.7 cm³/mol. The Morgan fingerprint density at radius 2 is 1.89 bits per heavy atom. The highest BCUT2D eigenvalue weighted by Gasteiger charge is 2.13. The van der Waals surface area contributed by atoms with Crippen LogP contribution in [0.5, 0.6) is 0 Å². The molecule has 0 saturated carbocycles. The summed E-state index contributed by atoms with van der Waals surface area (Å²) >= 11 is 0. The zero-order valence-corrected chi connectivity index (χ0v) is 11.3. The van der Waals surface area contributed by atoms with Crippen molar-refractivity contribution in [1.82, 2.24) is 20.3 Å². The Kier molecular flexibility index (Phi) is 3.73. The van der Waals surface area contributed by atoms with Crippen molar-refractivity contribution >= 4 is 10.8 Å². The van der Waals surface area contributed by atoms with Gasteiger partial charge in [-0.2, -0.15) is 0 Å². The highest BCUT2D eigenvalue weighted by Crippen LogP contribution is 2.16. The molecule has 1 fully saturated rings. The van der Waals surface area contributed by atoms with Gasteiger partial charge >= 0.3 is 0 Å². The number of nitrogens with one attached hydrogen (secondary N) is 1. The summed E-state index contributed by atoms with van der Waals surface area (Å²) in [5.74, 6) is 0. The van der Waals surface area contributed by atoms with Crippen LogP contribution >= 0.6 is 0 Å². The van der Waals surface area contributed by atoms with Gasteiger partial charge in [0.25, 0.3) is 0 Å². The van der Waals surface area contributed by atoms with Gasteiger partial charge in [0.1, 0.15) is 0 Å². The molecule has 2 heterocycles. The van der Waals surface area contributed by atoms with Crippen LogP contribution in [0.4, 0.5) is 0 Å². The second kappa shape index (κ2) is 5.65. The lowest BCUT2D eigenvalue weighted by atomic mass is 10.1. The number of hydrogen-bond donors (Lipinski definition) is 1. The monoisotopic (exact) mass is 256 g/mol. The summed E-state index contributed by atoms with van der Waals surface area (Å²) in [5, 5.41) is 4.81. The number of pyridine rings is 1. The molecule has 4 heteroatoms. The zero-order chi connectivity index (χ0) is 13.1. The van der Waals surface area contributed by atoms with Crippen molar-refractivity contribution in [1.29, 1.82) is 0 Å². The number of piperazine rings is 1. The summed E-state index contributed by atoms with van der Waals surface area (Å²) in [6, 6.07) is 8.42. The maximum Gasteiger partial charge on any atom is 0.0374 e. The van der Waals surface area contributed by atoms with Crippen LogP contribution in [0.3, 0.4) is 0 Å². The number of hydrazine groups is 1. The minimum absolute atomic E-state index is 0.845. The van der Waals surface area contributed by atoms with Crippen LogP contribution < -0.4 is 5.43 Å². The van der Waals surface area contributed by atoms with Crippen LogP contribution in [0.2, 0.25) is 0 Å². The molecule has 1 aliphatic rings. The standard InChI is InChI=1S/C15H20N4/c1-18-6-8-19(9-7-18)17-12-14-11-16-10-13-4-2-3-5-15(13)14/h2-5,10-11,17H,6-9,12H2,1H3. The van der Waals surface area contributed by atoms with E-state index in [4.69, 9.17) is 0 Å². The van der Waals surface area contributed by atoms with Gasteiger partial charge in [-0.3, -0.25) is 10.4 Å². The predicted octanol–water partition coefficient (Wildman–Crippen LogP) is 1.49. The molecular formula is C15H20N4. The van der Waals surface area contributed by atoms with E-state index in [1.54, 1.807) is 0 Å². The third kappa shape index (κ3) is 2.92. The summed E-state index contributed by atoms with van der Waals surface area (Å²) < 4.78 is 0. The zero-order valence-electron chi connectivity index (χ0n) is 11.3. The van der Waals surface area contributed by atoms with Gasteiger partial charge < -0.3 is 4.90 Å². The molecule has 1 aromatic heterocycles. The molecule has 0 atom stereocenters. The van der Waals surface area contributed by atoms with Gasteiger partial charge in [0.15, 0.2) is 0 Å². The number of benzene rings is 1. The molecular weight excluding hydrogens is 236 g/mol. The molecule has 0 radical (unpaired) electrons. The molecule has 1 aliphatic heterocycles. The first kappa shape index (κ1) is 12.5. The van der Waals surface area contributed by atoms with E-state index in [0.29, 0.717) is 0 Å². The van der Waals surface area contributed by atoms with Crippen LogP contribution in [0.1, 0.15) is 5.56 Å². The van der Waals surface area contributed by atoms with E-state index < -0.39 is 0 Å². The maximum atomic E-state index is 4.32. The van der Waals surface area contributed by atoms with E-state index in [1.807, 2.05) is 12.4 Å². The van der Waals surface area contributed by atoms with E-state index in [-0.39, 0.29) is 0 Å². The Morgan fingerprint density at radius 1 is 1.11 bits per heavy atom. The smallest absolute Gasteiger partial charge is 0.0374 e. The van der Waals surface area contributed by atoms with E-state index in [1.165, 1.54) is 16.3 Å². The van der Waals surface area contributed by atoms with Crippen LogP contribution in [-0.2, 0) is 6.54 Å². The first-order valence-corrected chi connectivity index (χ1v) is 6.81. The molecule has 0 amide bonds. The fourth-order valence-electron chi connectivity index (χ4n) is 2.48. The van der Waals surface area contributed by atoms with Gasteiger partial charge in [-0.15, -0.1) is 0 Å². The fourth-order valence-corrected chi connectivity index (χ4v) is 2.48. The number of hydrogen-bond acceptors (Lipinski definition) is 4. The molecule has 0 aliphatic carbocycles. The van der Waals surface area contributed by atoms with E-state index in [0.717, 1.165) is 32.7 Å². The average molecular weight is 256 g/mol. The number of aromatic nitrogens is 1. The Bertz CT molecular complexity index is 541. The first-order chi connectivity index (χ1) is 9.33. The summed E-state index contributed by atoms with van der Waals surface area (Å²) in [5.41, 5.74) is 4.78. The van der Waals surface area contributed by atoms with Crippen LogP contribution in [-0.4, -0.2) is 48.1 Å². The second-order valence-corrected chi connectivity index (χ2v) is 5.14. The van der Waals surface area contributed by atoms with E-state index in [9.17, 15) is 0 Å². The van der Waals surface area contributed by atoms with Gasteiger partial charge in [-0.05, 0) is 18.0 Å². The fraction of sp³-hybridized carbons (Fsp3) is 0.400. The lowest BCUT2D eigenvalue weighted by Crippen LogP contribution is -2.50. The minimum atomic E-state index is 0.845. The van der Waals surface area contributed by atoms with E-state index >= 15 is 0 Å². The molecule has 1 N–H and O–H groups in total. The molecule has 0 bridgehead atoms. The first-order valence-electron chi connectivity index (χ1n) is 6.81. The van der Waals surface area contributed by atoms with E-state index in [2.05, 4.69) is 51.6 Å². The van der Waals surface area contributed by atoms with Crippen molar-refractivity contribution < 1.29 is 0 Å². The van der Waals surface area contributed by atoms with Gasteiger partial charge in [0.2, 0.25) is 0 Å². The largest absolute Gasteiger partial charge is 0.304 e. The Labute approximate surface area is 114 Å². The number of nitrogens with zero attached hydrogens (tertiary/aromatic N) is 3. The van der Waals surface area contributed by atoms with Crippen molar-refractivity contribution in [2.45, 2.75) is 6.54 Å². The number of fused-ring (bicyclic) bond motifs is 1. The number of rotatable bonds is 3. The van der Waals surface area contributed by atoms with Crippen molar-refractivity contribution in [3.05, 3.63) is 42.2 Å². The van der Waals surface area contributed by atoms with Crippen molar-refractivity contribution in [2.75, 3.05) is 33.2 Å². The normalized spacial score (nSPS) is 17.9. The van der Waals surface area contributed by atoms with Gasteiger partial charge in [0, 0.05) is 50.5 Å². The Hall–Kier alpha value is -1.49. The Balaban J connectivity index is 1.68. The van der Waals surface area contributed by atoms with Gasteiger partial charge in [-0.1, -0.05) is 24.3 Å². The molecule has 2 aromatic rings. The SMILES string of the molecule is CN1CCN(NCc2cncc3ccccc23)CC1. The van der Waals surface area contributed by atoms with Gasteiger partial charge in [-0.25, -0.2) is 5.01 Å². The average Bonchev–Trinajstić information content (AvgIpc) is 2.47. The lowest BCUT2D eigenvalue weighted by Gasteiger charge is -2.32. The summed E-state index contributed by atoms with van der Waals surface area (Å²) in [4.78, 5) is 6.68. The van der Waals surface area contributed by atoms with Crippen LogP contribution in [0, 0.1) is 0 Å². The molecule has 1 saturated heterocycles.